The Kier molecular flexibility index (Phi) is 14.2. The Hall–Kier alpha value is -0.280. The molecular formula is C23H50N6O. The van der Waals surface area contributed by atoms with Gasteiger partial charge in [0.2, 0.25) is 0 Å². The molecule has 0 radical (unpaired) electrons. The van der Waals surface area contributed by atoms with Crippen LogP contribution in [0.2, 0.25) is 0 Å². The summed E-state index contributed by atoms with van der Waals surface area (Å²) in [4.78, 5) is 7.51. The molecule has 0 aromatic rings. The molecule has 0 amide bonds. The molecule has 2 unspecified atom stereocenters. The summed E-state index contributed by atoms with van der Waals surface area (Å²) >= 11 is 0. The van der Waals surface area contributed by atoms with E-state index in [1.165, 1.54) is 51.7 Å². The molecule has 2 heterocycles. The van der Waals surface area contributed by atoms with Crippen molar-refractivity contribution >= 4 is 0 Å². The van der Waals surface area contributed by atoms with Gasteiger partial charge >= 0.3 is 0 Å². The zero-order valence-corrected chi connectivity index (χ0v) is 20.1. The highest BCUT2D eigenvalue weighted by Crippen LogP contribution is 2.04. The predicted octanol–water partition coefficient (Wildman–Crippen LogP) is 0.672. The molecule has 0 spiro atoms. The van der Waals surface area contributed by atoms with Gasteiger partial charge in [-0.2, -0.15) is 0 Å². The second kappa shape index (κ2) is 16.4. The lowest BCUT2D eigenvalue weighted by molar-refractivity contribution is 0.0369. The molecule has 7 nitrogen and oxygen atoms in total. The van der Waals surface area contributed by atoms with Gasteiger partial charge in [0.1, 0.15) is 0 Å². The van der Waals surface area contributed by atoms with Crippen LogP contribution < -0.4 is 16.0 Å². The molecule has 0 saturated carbocycles. The number of nitrogens with one attached hydrogen (secondary N) is 3. The van der Waals surface area contributed by atoms with Crippen molar-refractivity contribution in [3.8, 4) is 0 Å². The molecule has 2 rings (SSSR count). The Morgan fingerprint density at radius 2 is 1.63 bits per heavy atom. The summed E-state index contributed by atoms with van der Waals surface area (Å²) in [6.07, 6.45) is 6.27. The number of ether oxygens (including phenoxy) is 1. The van der Waals surface area contributed by atoms with E-state index in [-0.39, 0.29) is 0 Å². The van der Waals surface area contributed by atoms with Gasteiger partial charge in [0.05, 0.1) is 13.2 Å². The Bertz CT molecular complexity index is 407. The van der Waals surface area contributed by atoms with Gasteiger partial charge in [0, 0.05) is 51.4 Å². The Morgan fingerprint density at radius 3 is 2.47 bits per heavy atom. The number of likely N-dealkylation sites (N-methyl/N-ethyl adjacent to an activating group) is 2. The minimum absolute atomic E-state index is 0.580. The van der Waals surface area contributed by atoms with Crippen molar-refractivity contribution in [3.05, 3.63) is 0 Å². The molecule has 30 heavy (non-hydrogen) atoms. The van der Waals surface area contributed by atoms with Crippen LogP contribution in [0.25, 0.3) is 0 Å². The maximum atomic E-state index is 5.47. The van der Waals surface area contributed by atoms with Gasteiger partial charge in [0.25, 0.3) is 0 Å². The average molecular weight is 427 g/mol. The summed E-state index contributed by atoms with van der Waals surface area (Å²) in [6, 6.07) is 1.18. The largest absolute Gasteiger partial charge is 0.379 e. The van der Waals surface area contributed by atoms with Crippen molar-refractivity contribution in [1.82, 2.24) is 30.7 Å². The molecule has 0 aromatic carbocycles. The van der Waals surface area contributed by atoms with Crippen LogP contribution in [0.1, 0.15) is 39.0 Å². The summed E-state index contributed by atoms with van der Waals surface area (Å²) < 4.78 is 5.47. The van der Waals surface area contributed by atoms with E-state index in [1.807, 2.05) is 0 Å². The standard InChI is InChI=1S/C23H50N6O/c1-22-20-24-9-7-12-27(2)15-11-25-21-23(26-10-4-5-13-28(22)3)8-6-14-29-16-18-30-19-17-29/h22-26H,4-21H2,1-3H3. The molecule has 2 atom stereocenters. The van der Waals surface area contributed by atoms with E-state index < -0.39 is 0 Å². The van der Waals surface area contributed by atoms with E-state index in [0.717, 1.165) is 65.6 Å². The van der Waals surface area contributed by atoms with Crippen molar-refractivity contribution in [2.45, 2.75) is 51.1 Å². The Morgan fingerprint density at radius 1 is 0.833 bits per heavy atom. The molecular weight excluding hydrogens is 376 g/mol. The first kappa shape index (κ1) is 26.0. The quantitative estimate of drug-likeness (QED) is 0.611. The third-order valence-electron chi connectivity index (χ3n) is 6.65. The van der Waals surface area contributed by atoms with Crippen LogP contribution in [0, 0.1) is 0 Å². The van der Waals surface area contributed by atoms with Gasteiger partial charge in [-0.1, -0.05) is 0 Å². The summed E-state index contributed by atoms with van der Waals surface area (Å²) in [5.41, 5.74) is 0. The average Bonchev–Trinajstić information content (AvgIpc) is 2.75. The number of hydrogen-bond acceptors (Lipinski definition) is 7. The zero-order chi connectivity index (χ0) is 21.4. The van der Waals surface area contributed by atoms with Crippen LogP contribution in [0.4, 0.5) is 0 Å². The summed E-state index contributed by atoms with van der Waals surface area (Å²) in [7, 11) is 4.51. The second-order valence-corrected chi connectivity index (χ2v) is 9.35. The van der Waals surface area contributed by atoms with E-state index >= 15 is 0 Å². The van der Waals surface area contributed by atoms with Gasteiger partial charge in [0.15, 0.2) is 0 Å². The van der Waals surface area contributed by atoms with E-state index in [1.54, 1.807) is 0 Å². The zero-order valence-electron chi connectivity index (χ0n) is 20.1. The molecule has 0 bridgehead atoms. The maximum absolute atomic E-state index is 5.47. The number of nitrogens with zero attached hydrogens (tertiary/aromatic N) is 3. The lowest BCUT2D eigenvalue weighted by Crippen LogP contribution is -2.43. The van der Waals surface area contributed by atoms with Crippen LogP contribution in [0.15, 0.2) is 0 Å². The topological polar surface area (TPSA) is 55.0 Å². The van der Waals surface area contributed by atoms with Crippen LogP contribution in [-0.4, -0.2) is 126 Å². The molecule has 2 saturated heterocycles. The fourth-order valence-corrected chi connectivity index (χ4v) is 4.27. The van der Waals surface area contributed by atoms with E-state index in [0.29, 0.717) is 12.1 Å². The van der Waals surface area contributed by atoms with Crippen molar-refractivity contribution < 1.29 is 4.74 Å². The molecule has 2 fully saturated rings. The van der Waals surface area contributed by atoms with Crippen LogP contribution >= 0.6 is 0 Å². The summed E-state index contributed by atoms with van der Waals surface area (Å²) in [5, 5.41) is 11.2. The van der Waals surface area contributed by atoms with Gasteiger partial charge in [-0.15, -0.1) is 0 Å². The first-order chi connectivity index (χ1) is 14.6. The normalized spacial score (nSPS) is 29.3. The minimum Gasteiger partial charge on any atom is -0.379 e. The van der Waals surface area contributed by atoms with E-state index in [9.17, 15) is 0 Å². The molecule has 2 aliphatic rings. The fourth-order valence-electron chi connectivity index (χ4n) is 4.27. The van der Waals surface area contributed by atoms with Gasteiger partial charge in [-0.3, -0.25) is 4.90 Å². The molecule has 0 aromatic heterocycles. The number of rotatable bonds is 4. The fraction of sp³-hybridized carbons (Fsp3) is 1.00. The van der Waals surface area contributed by atoms with E-state index in [4.69, 9.17) is 4.74 Å². The molecule has 0 aliphatic carbocycles. The van der Waals surface area contributed by atoms with Crippen LogP contribution in [-0.2, 0) is 4.74 Å². The van der Waals surface area contributed by atoms with Gasteiger partial charge in [-0.25, -0.2) is 0 Å². The molecule has 178 valence electrons. The lowest BCUT2D eigenvalue weighted by Gasteiger charge is -2.28. The maximum Gasteiger partial charge on any atom is 0.0594 e. The number of morpholine rings is 1. The highest BCUT2D eigenvalue weighted by molar-refractivity contribution is 4.73. The summed E-state index contributed by atoms with van der Waals surface area (Å²) in [6.45, 7) is 16.5. The lowest BCUT2D eigenvalue weighted by atomic mass is 10.1. The molecule has 7 heteroatoms. The van der Waals surface area contributed by atoms with Crippen molar-refractivity contribution in [1.29, 1.82) is 0 Å². The predicted molar refractivity (Wildman–Crippen MR) is 127 cm³/mol. The minimum atomic E-state index is 0.580. The SMILES string of the molecule is CC1CNCCCN(C)CCNCC(CCCN2CCOCC2)NCCCCN1C. The summed E-state index contributed by atoms with van der Waals surface area (Å²) in [5.74, 6) is 0. The van der Waals surface area contributed by atoms with Crippen molar-refractivity contribution in [3.63, 3.8) is 0 Å². The van der Waals surface area contributed by atoms with Crippen LogP contribution in [0.3, 0.4) is 0 Å². The third-order valence-corrected chi connectivity index (χ3v) is 6.65. The first-order valence-electron chi connectivity index (χ1n) is 12.5. The Labute approximate surface area is 186 Å². The molecule has 2 aliphatic heterocycles. The monoisotopic (exact) mass is 426 g/mol. The first-order valence-corrected chi connectivity index (χ1v) is 12.5. The van der Waals surface area contributed by atoms with Gasteiger partial charge < -0.3 is 30.5 Å². The second-order valence-electron chi connectivity index (χ2n) is 9.35. The van der Waals surface area contributed by atoms with Crippen molar-refractivity contribution in [2.75, 3.05) is 99.3 Å². The van der Waals surface area contributed by atoms with E-state index in [2.05, 4.69) is 51.7 Å². The van der Waals surface area contributed by atoms with Gasteiger partial charge in [-0.05, 0) is 85.8 Å². The van der Waals surface area contributed by atoms with Crippen LogP contribution in [0.5, 0.6) is 0 Å². The molecule has 3 N–H and O–H groups in total. The third kappa shape index (κ3) is 11.9. The smallest absolute Gasteiger partial charge is 0.0594 e. The van der Waals surface area contributed by atoms with Crippen molar-refractivity contribution in [2.24, 2.45) is 0 Å². The highest BCUT2D eigenvalue weighted by Gasteiger charge is 2.13. The Balaban J connectivity index is 1.73. The highest BCUT2D eigenvalue weighted by atomic mass is 16.5. The number of hydrogen-bond donors (Lipinski definition) is 3.